The normalized spacial score (nSPS) is 17.4. The number of rotatable bonds is 7. The van der Waals surface area contributed by atoms with Crippen LogP contribution >= 0.6 is 0 Å². The molecule has 17 heavy (non-hydrogen) atoms. The Morgan fingerprint density at radius 1 is 1.18 bits per heavy atom. The molecule has 0 atom stereocenters. The van der Waals surface area contributed by atoms with Crippen LogP contribution < -0.4 is 5.32 Å². The van der Waals surface area contributed by atoms with E-state index in [4.69, 9.17) is 0 Å². The van der Waals surface area contributed by atoms with Crippen LogP contribution in [0.1, 0.15) is 71.6 Å². The molecule has 100 valence electrons. The van der Waals surface area contributed by atoms with Gasteiger partial charge in [0.15, 0.2) is 0 Å². The summed E-state index contributed by atoms with van der Waals surface area (Å²) in [6.45, 7) is 5.27. The van der Waals surface area contributed by atoms with E-state index < -0.39 is 0 Å². The maximum Gasteiger partial charge on any atom is 0.220 e. The van der Waals surface area contributed by atoms with Crippen molar-refractivity contribution in [1.29, 1.82) is 0 Å². The van der Waals surface area contributed by atoms with Gasteiger partial charge in [-0.15, -0.1) is 0 Å². The van der Waals surface area contributed by atoms with Gasteiger partial charge in [0.05, 0.1) is 0 Å². The van der Waals surface area contributed by atoms with Crippen LogP contribution in [0.25, 0.3) is 0 Å². The highest BCUT2D eigenvalue weighted by Crippen LogP contribution is 2.27. The standard InChI is InChI=1S/C15H29NO/c1-3-13(4-2)12-16-15(17)11-10-14-8-6-5-7-9-14/h13-14H,3-12H2,1-2H3,(H,16,17). The second kappa shape index (κ2) is 8.54. The Balaban J connectivity index is 2.07. The van der Waals surface area contributed by atoms with Crippen LogP contribution in [0.2, 0.25) is 0 Å². The van der Waals surface area contributed by atoms with Gasteiger partial charge in [-0.05, 0) is 18.3 Å². The van der Waals surface area contributed by atoms with Crippen LogP contribution in [0.4, 0.5) is 0 Å². The monoisotopic (exact) mass is 239 g/mol. The van der Waals surface area contributed by atoms with Crippen LogP contribution in [0.15, 0.2) is 0 Å². The van der Waals surface area contributed by atoms with E-state index in [1.165, 1.54) is 44.9 Å². The van der Waals surface area contributed by atoms with Gasteiger partial charge in [-0.2, -0.15) is 0 Å². The van der Waals surface area contributed by atoms with Gasteiger partial charge in [0.1, 0.15) is 0 Å². The minimum absolute atomic E-state index is 0.266. The predicted molar refractivity (Wildman–Crippen MR) is 72.9 cm³/mol. The van der Waals surface area contributed by atoms with E-state index in [1.54, 1.807) is 0 Å². The van der Waals surface area contributed by atoms with E-state index in [-0.39, 0.29) is 5.91 Å². The number of amides is 1. The lowest BCUT2D eigenvalue weighted by Crippen LogP contribution is -2.29. The van der Waals surface area contributed by atoms with Gasteiger partial charge in [0, 0.05) is 13.0 Å². The molecule has 1 N–H and O–H groups in total. The maximum atomic E-state index is 11.7. The first-order chi connectivity index (χ1) is 8.26. The summed E-state index contributed by atoms with van der Waals surface area (Å²) in [7, 11) is 0. The molecular formula is C15H29NO. The fourth-order valence-electron chi connectivity index (χ4n) is 2.73. The average molecular weight is 239 g/mol. The minimum Gasteiger partial charge on any atom is -0.356 e. The molecular weight excluding hydrogens is 210 g/mol. The number of hydrogen-bond donors (Lipinski definition) is 1. The lowest BCUT2D eigenvalue weighted by molar-refractivity contribution is -0.121. The van der Waals surface area contributed by atoms with Gasteiger partial charge in [0.2, 0.25) is 5.91 Å². The van der Waals surface area contributed by atoms with Crippen LogP contribution in [-0.2, 0) is 4.79 Å². The second-order valence-corrected chi connectivity index (χ2v) is 5.53. The molecule has 0 aromatic rings. The van der Waals surface area contributed by atoms with E-state index in [0.29, 0.717) is 5.92 Å². The summed E-state index contributed by atoms with van der Waals surface area (Å²) in [5, 5.41) is 3.09. The fourth-order valence-corrected chi connectivity index (χ4v) is 2.73. The molecule has 1 rings (SSSR count). The molecule has 1 aliphatic carbocycles. The van der Waals surface area contributed by atoms with Crippen molar-refractivity contribution in [2.24, 2.45) is 11.8 Å². The third-order valence-electron chi connectivity index (χ3n) is 4.25. The smallest absolute Gasteiger partial charge is 0.220 e. The largest absolute Gasteiger partial charge is 0.356 e. The van der Waals surface area contributed by atoms with Gasteiger partial charge in [0.25, 0.3) is 0 Å². The van der Waals surface area contributed by atoms with Crippen molar-refractivity contribution in [1.82, 2.24) is 5.32 Å². The molecule has 0 unspecified atom stereocenters. The summed E-state index contributed by atoms with van der Waals surface area (Å²) in [5.41, 5.74) is 0. The lowest BCUT2D eigenvalue weighted by atomic mass is 9.86. The van der Waals surface area contributed by atoms with Gasteiger partial charge < -0.3 is 5.32 Å². The minimum atomic E-state index is 0.266. The summed E-state index contributed by atoms with van der Waals surface area (Å²) >= 11 is 0. The van der Waals surface area contributed by atoms with Gasteiger partial charge in [-0.1, -0.05) is 58.8 Å². The lowest BCUT2D eigenvalue weighted by Gasteiger charge is -2.21. The van der Waals surface area contributed by atoms with E-state index >= 15 is 0 Å². The maximum absolute atomic E-state index is 11.7. The summed E-state index contributed by atoms with van der Waals surface area (Å²) in [5.74, 6) is 1.75. The molecule has 0 saturated heterocycles. The van der Waals surface area contributed by atoms with Crippen LogP contribution in [-0.4, -0.2) is 12.5 Å². The van der Waals surface area contributed by atoms with Crippen LogP contribution in [0.5, 0.6) is 0 Å². The molecule has 1 saturated carbocycles. The molecule has 0 heterocycles. The van der Waals surface area contributed by atoms with Crippen LogP contribution in [0.3, 0.4) is 0 Å². The molecule has 0 bridgehead atoms. The Morgan fingerprint density at radius 3 is 2.41 bits per heavy atom. The SMILES string of the molecule is CCC(CC)CNC(=O)CCC1CCCCC1. The molecule has 1 amide bonds. The summed E-state index contributed by atoms with van der Waals surface area (Å²) in [6, 6.07) is 0. The Hall–Kier alpha value is -0.530. The second-order valence-electron chi connectivity index (χ2n) is 5.53. The van der Waals surface area contributed by atoms with Gasteiger partial charge >= 0.3 is 0 Å². The van der Waals surface area contributed by atoms with Crippen LogP contribution in [0, 0.1) is 11.8 Å². The highest BCUT2D eigenvalue weighted by atomic mass is 16.1. The zero-order valence-electron chi connectivity index (χ0n) is 11.6. The number of nitrogens with one attached hydrogen (secondary N) is 1. The molecule has 0 radical (unpaired) electrons. The Labute approximate surface area is 107 Å². The highest BCUT2D eigenvalue weighted by molar-refractivity contribution is 5.75. The molecule has 0 aliphatic heterocycles. The molecule has 2 heteroatoms. The van der Waals surface area contributed by atoms with Crippen molar-refractivity contribution in [3.63, 3.8) is 0 Å². The number of hydrogen-bond acceptors (Lipinski definition) is 1. The molecule has 0 aromatic carbocycles. The van der Waals surface area contributed by atoms with Crippen molar-refractivity contribution in [3.05, 3.63) is 0 Å². The first kappa shape index (κ1) is 14.5. The fraction of sp³-hybridized carbons (Fsp3) is 0.933. The summed E-state index contributed by atoms with van der Waals surface area (Å²) in [4.78, 5) is 11.7. The van der Waals surface area contributed by atoms with Gasteiger partial charge in [-0.3, -0.25) is 4.79 Å². The third kappa shape index (κ3) is 6.09. The quantitative estimate of drug-likeness (QED) is 0.717. The van der Waals surface area contributed by atoms with E-state index in [2.05, 4.69) is 19.2 Å². The highest BCUT2D eigenvalue weighted by Gasteiger charge is 2.15. The van der Waals surface area contributed by atoms with Crippen molar-refractivity contribution in [3.8, 4) is 0 Å². The topological polar surface area (TPSA) is 29.1 Å². The van der Waals surface area contributed by atoms with E-state index in [0.717, 1.165) is 25.3 Å². The van der Waals surface area contributed by atoms with E-state index in [9.17, 15) is 4.79 Å². The average Bonchev–Trinajstić information content (AvgIpc) is 2.39. The number of carbonyl (C=O) groups excluding carboxylic acids is 1. The number of carbonyl (C=O) groups is 1. The molecule has 2 nitrogen and oxygen atoms in total. The van der Waals surface area contributed by atoms with E-state index in [1.807, 2.05) is 0 Å². The van der Waals surface area contributed by atoms with Crippen molar-refractivity contribution in [2.45, 2.75) is 71.6 Å². The summed E-state index contributed by atoms with van der Waals surface area (Å²) < 4.78 is 0. The predicted octanol–water partition coefficient (Wildman–Crippen LogP) is 3.90. The Bertz CT molecular complexity index is 205. The Morgan fingerprint density at radius 2 is 1.82 bits per heavy atom. The molecule has 0 aromatic heterocycles. The summed E-state index contributed by atoms with van der Waals surface area (Å²) in [6.07, 6.45) is 11.0. The van der Waals surface area contributed by atoms with Crippen molar-refractivity contribution in [2.75, 3.05) is 6.54 Å². The Kier molecular flexibility index (Phi) is 7.30. The van der Waals surface area contributed by atoms with Gasteiger partial charge in [-0.25, -0.2) is 0 Å². The molecule has 0 spiro atoms. The first-order valence-corrected chi connectivity index (χ1v) is 7.52. The first-order valence-electron chi connectivity index (χ1n) is 7.52. The molecule has 1 aliphatic rings. The van der Waals surface area contributed by atoms with Crippen molar-refractivity contribution >= 4 is 5.91 Å². The zero-order valence-corrected chi connectivity index (χ0v) is 11.6. The molecule has 1 fully saturated rings. The zero-order chi connectivity index (χ0) is 12.5. The third-order valence-corrected chi connectivity index (χ3v) is 4.25. The van der Waals surface area contributed by atoms with Crippen molar-refractivity contribution < 1.29 is 4.79 Å².